The van der Waals surface area contributed by atoms with E-state index in [0.29, 0.717) is 13.0 Å². The van der Waals surface area contributed by atoms with Gasteiger partial charge in [0.2, 0.25) is 5.91 Å². The minimum absolute atomic E-state index is 0.104. The molecule has 1 aliphatic heterocycles. The lowest BCUT2D eigenvalue weighted by Gasteiger charge is -2.19. The molecule has 2 rings (SSSR count). The smallest absolute Gasteiger partial charge is 0.227 e. The second-order valence-electron chi connectivity index (χ2n) is 4.89. The Morgan fingerprint density at radius 2 is 2.33 bits per heavy atom. The maximum Gasteiger partial charge on any atom is 0.227 e. The van der Waals surface area contributed by atoms with E-state index in [-0.39, 0.29) is 11.8 Å². The molecule has 98 valence electrons. The molecule has 0 aliphatic carbocycles. The van der Waals surface area contributed by atoms with Gasteiger partial charge in [0.15, 0.2) is 0 Å². The van der Waals surface area contributed by atoms with E-state index in [0.717, 1.165) is 24.5 Å². The van der Waals surface area contributed by atoms with E-state index in [1.165, 1.54) is 5.56 Å². The Labute approximate surface area is 108 Å². The molecule has 0 aromatic heterocycles. The average Bonchev–Trinajstić information content (AvgIpc) is 2.84. The maximum atomic E-state index is 12.1. The van der Waals surface area contributed by atoms with Crippen LogP contribution in [-0.4, -0.2) is 26.1 Å². The van der Waals surface area contributed by atoms with E-state index >= 15 is 0 Å². The Bertz CT molecular complexity index is 445. The predicted octanol–water partition coefficient (Wildman–Crippen LogP) is 1.57. The van der Waals surface area contributed by atoms with Crippen molar-refractivity contribution in [3.8, 4) is 5.75 Å². The molecule has 0 bridgehead atoms. The molecule has 1 amide bonds. The van der Waals surface area contributed by atoms with Crippen LogP contribution in [-0.2, 0) is 11.2 Å². The lowest BCUT2D eigenvalue weighted by Crippen LogP contribution is -2.29. The largest absolute Gasteiger partial charge is 0.493 e. The number of ether oxygens (including phenoxy) is 1. The van der Waals surface area contributed by atoms with Gasteiger partial charge in [0.1, 0.15) is 5.75 Å². The van der Waals surface area contributed by atoms with E-state index in [9.17, 15) is 4.79 Å². The normalized spacial score (nSPS) is 14.8. The number of benzene rings is 1. The van der Waals surface area contributed by atoms with Crippen molar-refractivity contribution in [2.24, 2.45) is 11.7 Å². The van der Waals surface area contributed by atoms with E-state index in [4.69, 9.17) is 10.5 Å². The van der Waals surface area contributed by atoms with Crippen LogP contribution in [0.1, 0.15) is 18.9 Å². The number of amides is 1. The van der Waals surface area contributed by atoms with Crippen LogP contribution in [0.25, 0.3) is 0 Å². The SMILES string of the molecule is CC(CN)CC(=O)N(C)c1ccc2c(c1)CCO2. The summed E-state index contributed by atoms with van der Waals surface area (Å²) in [5, 5.41) is 0. The van der Waals surface area contributed by atoms with Crippen molar-refractivity contribution in [3.63, 3.8) is 0 Å². The summed E-state index contributed by atoms with van der Waals surface area (Å²) < 4.78 is 5.46. The second kappa shape index (κ2) is 5.40. The van der Waals surface area contributed by atoms with Crippen molar-refractivity contribution in [2.75, 3.05) is 25.1 Å². The van der Waals surface area contributed by atoms with Gasteiger partial charge in [0, 0.05) is 25.6 Å². The van der Waals surface area contributed by atoms with Crippen molar-refractivity contribution < 1.29 is 9.53 Å². The molecule has 0 radical (unpaired) electrons. The molecule has 1 aromatic carbocycles. The molecule has 4 heteroatoms. The molecular formula is C14H20N2O2. The average molecular weight is 248 g/mol. The fourth-order valence-electron chi connectivity index (χ4n) is 2.04. The van der Waals surface area contributed by atoms with Crippen molar-refractivity contribution in [3.05, 3.63) is 23.8 Å². The lowest BCUT2D eigenvalue weighted by molar-refractivity contribution is -0.119. The second-order valence-corrected chi connectivity index (χ2v) is 4.89. The van der Waals surface area contributed by atoms with Gasteiger partial charge in [-0.2, -0.15) is 0 Å². The summed E-state index contributed by atoms with van der Waals surface area (Å²) in [5.41, 5.74) is 7.65. The molecule has 0 saturated heterocycles. The van der Waals surface area contributed by atoms with Gasteiger partial charge < -0.3 is 15.4 Å². The zero-order valence-electron chi connectivity index (χ0n) is 11.0. The Balaban J connectivity index is 2.09. The number of fused-ring (bicyclic) bond motifs is 1. The minimum atomic E-state index is 0.104. The zero-order valence-corrected chi connectivity index (χ0v) is 11.0. The Hall–Kier alpha value is -1.55. The first-order chi connectivity index (χ1) is 8.61. The van der Waals surface area contributed by atoms with E-state index < -0.39 is 0 Å². The van der Waals surface area contributed by atoms with Crippen LogP contribution in [0.2, 0.25) is 0 Å². The van der Waals surface area contributed by atoms with E-state index in [1.807, 2.05) is 32.2 Å². The molecular weight excluding hydrogens is 228 g/mol. The summed E-state index contributed by atoms with van der Waals surface area (Å²) in [6.45, 7) is 3.26. The number of hydrogen-bond donors (Lipinski definition) is 1. The predicted molar refractivity (Wildman–Crippen MR) is 71.9 cm³/mol. The van der Waals surface area contributed by atoms with Gasteiger partial charge in [-0.15, -0.1) is 0 Å². The number of anilines is 1. The monoisotopic (exact) mass is 248 g/mol. The van der Waals surface area contributed by atoms with Crippen LogP contribution in [0.4, 0.5) is 5.69 Å². The van der Waals surface area contributed by atoms with Gasteiger partial charge in [-0.25, -0.2) is 0 Å². The number of carbonyl (C=O) groups excluding carboxylic acids is 1. The zero-order chi connectivity index (χ0) is 13.1. The molecule has 2 N–H and O–H groups in total. The molecule has 1 aliphatic rings. The van der Waals surface area contributed by atoms with Crippen LogP contribution in [0, 0.1) is 5.92 Å². The summed E-state index contributed by atoms with van der Waals surface area (Å²) in [7, 11) is 1.81. The van der Waals surface area contributed by atoms with Gasteiger partial charge in [-0.3, -0.25) is 4.79 Å². The number of nitrogens with zero attached hydrogens (tertiary/aromatic N) is 1. The van der Waals surface area contributed by atoms with Gasteiger partial charge in [-0.05, 0) is 36.2 Å². The van der Waals surface area contributed by atoms with Crippen molar-refractivity contribution >= 4 is 11.6 Å². The summed E-state index contributed by atoms with van der Waals surface area (Å²) in [4.78, 5) is 13.8. The van der Waals surface area contributed by atoms with Crippen LogP contribution in [0.15, 0.2) is 18.2 Å². The van der Waals surface area contributed by atoms with Gasteiger partial charge in [0.25, 0.3) is 0 Å². The third-order valence-corrected chi connectivity index (χ3v) is 3.36. The summed E-state index contributed by atoms with van der Waals surface area (Å²) in [5.74, 6) is 1.26. The van der Waals surface area contributed by atoms with Crippen LogP contribution < -0.4 is 15.4 Å². The van der Waals surface area contributed by atoms with E-state index in [1.54, 1.807) is 4.90 Å². The Kier molecular flexibility index (Phi) is 3.87. The highest BCUT2D eigenvalue weighted by Gasteiger charge is 2.17. The van der Waals surface area contributed by atoms with Gasteiger partial charge >= 0.3 is 0 Å². The summed E-state index contributed by atoms with van der Waals surface area (Å²) in [6, 6.07) is 5.90. The molecule has 1 aromatic rings. The summed E-state index contributed by atoms with van der Waals surface area (Å²) >= 11 is 0. The van der Waals surface area contributed by atoms with Gasteiger partial charge in [-0.1, -0.05) is 6.92 Å². The topological polar surface area (TPSA) is 55.6 Å². The first-order valence-electron chi connectivity index (χ1n) is 6.34. The van der Waals surface area contributed by atoms with Crippen LogP contribution >= 0.6 is 0 Å². The third kappa shape index (κ3) is 2.64. The first-order valence-corrected chi connectivity index (χ1v) is 6.34. The van der Waals surface area contributed by atoms with Crippen LogP contribution in [0.5, 0.6) is 5.75 Å². The number of nitrogens with two attached hydrogens (primary N) is 1. The van der Waals surface area contributed by atoms with Crippen molar-refractivity contribution in [1.29, 1.82) is 0 Å². The maximum absolute atomic E-state index is 12.1. The first kappa shape index (κ1) is 12.9. The third-order valence-electron chi connectivity index (χ3n) is 3.36. The molecule has 1 atom stereocenters. The fourth-order valence-corrected chi connectivity index (χ4v) is 2.04. The standard InChI is InChI=1S/C14H20N2O2/c1-10(9-15)7-14(17)16(2)12-3-4-13-11(8-12)5-6-18-13/h3-4,8,10H,5-7,9,15H2,1-2H3. The quantitative estimate of drug-likeness (QED) is 0.880. The molecule has 1 heterocycles. The highest BCUT2D eigenvalue weighted by molar-refractivity contribution is 5.93. The molecule has 18 heavy (non-hydrogen) atoms. The number of carbonyl (C=O) groups is 1. The van der Waals surface area contributed by atoms with Crippen molar-refractivity contribution in [1.82, 2.24) is 0 Å². The Morgan fingerprint density at radius 1 is 1.56 bits per heavy atom. The molecule has 0 saturated carbocycles. The molecule has 4 nitrogen and oxygen atoms in total. The van der Waals surface area contributed by atoms with Gasteiger partial charge in [0.05, 0.1) is 6.61 Å². The Morgan fingerprint density at radius 3 is 3.06 bits per heavy atom. The van der Waals surface area contributed by atoms with Crippen LogP contribution in [0.3, 0.4) is 0 Å². The fraction of sp³-hybridized carbons (Fsp3) is 0.500. The summed E-state index contributed by atoms with van der Waals surface area (Å²) in [6.07, 6.45) is 1.41. The van der Waals surface area contributed by atoms with Crippen molar-refractivity contribution in [2.45, 2.75) is 19.8 Å². The molecule has 0 fully saturated rings. The number of rotatable bonds is 4. The molecule has 1 unspecified atom stereocenters. The molecule has 0 spiro atoms. The number of hydrogen-bond acceptors (Lipinski definition) is 3. The lowest BCUT2D eigenvalue weighted by atomic mass is 10.1. The highest BCUT2D eigenvalue weighted by Crippen LogP contribution is 2.29. The minimum Gasteiger partial charge on any atom is -0.493 e. The highest BCUT2D eigenvalue weighted by atomic mass is 16.5. The van der Waals surface area contributed by atoms with E-state index in [2.05, 4.69) is 0 Å².